The largest absolute Gasteiger partial charge is 0.328 e. The molecule has 17 heavy (non-hydrogen) atoms. The number of hydrogen-bond acceptors (Lipinski definition) is 3. The van der Waals surface area contributed by atoms with Crippen LogP contribution >= 0.6 is 23.2 Å². The lowest BCUT2D eigenvalue weighted by molar-refractivity contribution is 0.572. The fraction of sp³-hybridized carbons (Fsp3) is 0.400. The third-order valence-corrected chi connectivity index (χ3v) is 4.53. The van der Waals surface area contributed by atoms with Gasteiger partial charge in [0.25, 0.3) is 0 Å². The van der Waals surface area contributed by atoms with Gasteiger partial charge in [-0.1, -0.05) is 29.3 Å². The quantitative estimate of drug-likeness (QED) is 0.873. The highest BCUT2D eigenvalue weighted by Crippen LogP contribution is 2.28. The first-order chi connectivity index (χ1) is 7.84. The van der Waals surface area contributed by atoms with E-state index in [0.717, 1.165) is 0 Å². The molecule has 0 aliphatic carbocycles. The molecule has 0 amide bonds. The molecule has 0 saturated carbocycles. The third kappa shape index (κ3) is 4.12. The highest BCUT2D eigenvalue weighted by Gasteiger charge is 2.18. The molecular weight excluding hydrogens is 283 g/mol. The molecule has 1 aromatic carbocycles. The maximum Gasteiger partial charge on any atom is 0.242 e. The topological polar surface area (TPSA) is 72.2 Å². The summed E-state index contributed by atoms with van der Waals surface area (Å²) in [4.78, 5) is -0.0173. The van der Waals surface area contributed by atoms with Crippen LogP contribution in [0.15, 0.2) is 23.1 Å². The molecule has 0 spiro atoms. The summed E-state index contributed by atoms with van der Waals surface area (Å²) in [7, 11) is -3.63. The number of halogens is 2. The van der Waals surface area contributed by atoms with Gasteiger partial charge in [0.2, 0.25) is 10.0 Å². The Morgan fingerprint density at radius 2 is 2.06 bits per heavy atom. The van der Waals surface area contributed by atoms with Crippen LogP contribution in [0, 0.1) is 0 Å². The zero-order valence-corrected chi connectivity index (χ0v) is 11.6. The van der Waals surface area contributed by atoms with E-state index < -0.39 is 10.0 Å². The second-order valence-corrected chi connectivity index (χ2v) is 6.24. The average Bonchev–Trinajstić information content (AvgIpc) is 2.21. The Bertz CT molecular complexity index is 489. The van der Waals surface area contributed by atoms with Gasteiger partial charge in [-0.25, -0.2) is 13.1 Å². The lowest BCUT2D eigenvalue weighted by atomic mass is 10.3. The van der Waals surface area contributed by atoms with Gasteiger partial charge in [-0.3, -0.25) is 0 Å². The van der Waals surface area contributed by atoms with Gasteiger partial charge in [0.15, 0.2) is 0 Å². The second kappa shape index (κ2) is 6.02. The minimum Gasteiger partial charge on any atom is -0.328 e. The van der Waals surface area contributed by atoms with E-state index in [9.17, 15) is 8.42 Å². The van der Waals surface area contributed by atoms with Crippen molar-refractivity contribution in [1.29, 1.82) is 0 Å². The Labute approximate surface area is 111 Å². The maximum atomic E-state index is 11.9. The van der Waals surface area contributed by atoms with E-state index in [0.29, 0.717) is 6.42 Å². The molecule has 3 N–H and O–H groups in total. The van der Waals surface area contributed by atoms with Crippen molar-refractivity contribution in [2.45, 2.75) is 24.3 Å². The normalized spacial score (nSPS) is 13.6. The lowest BCUT2D eigenvalue weighted by Gasteiger charge is -2.10. The molecule has 0 aromatic heterocycles. The molecule has 0 bridgehead atoms. The number of nitrogens with one attached hydrogen (secondary N) is 1. The van der Waals surface area contributed by atoms with Gasteiger partial charge in [0, 0.05) is 12.6 Å². The van der Waals surface area contributed by atoms with Crippen molar-refractivity contribution in [3.8, 4) is 0 Å². The van der Waals surface area contributed by atoms with Gasteiger partial charge in [-0.15, -0.1) is 0 Å². The number of rotatable bonds is 5. The molecule has 0 aliphatic rings. The van der Waals surface area contributed by atoms with Crippen LogP contribution in [-0.2, 0) is 10.0 Å². The molecule has 1 atom stereocenters. The molecule has 1 rings (SSSR count). The fourth-order valence-electron chi connectivity index (χ4n) is 1.19. The van der Waals surface area contributed by atoms with Crippen molar-refractivity contribution in [3.63, 3.8) is 0 Å². The SMILES string of the molecule is CC(N)CCNS(=O)(=O)c1cccc(Cl)c1Cl. The first kappa shape index (κ1) is 14.7. The summed E-state index contributed by atoms with van der Waals surface area (Å²) in [5.74, 6) is 0. The van der Waals surface area contributed by atoms with Crippen molar-refractivity contribution in [2.75, 3.05) is 6.54 Å². The molecule has 1 aromatic rings. The van der Waals surface area contributed by atoms with Gasteiger partial charge in [-0.2, -0.15) is 0 Å². The van der Waals surface area contributed by atoms with Crippen LogP contribution in [0.3, 0.4) is 0 Å². The molecule has 1 unspecified atom stereocenters. The van der Waals surface area contributed by atoms with Gasteiger partial charge < -0.3 is 5.73 Å². The Hall–Kier alpha value is -0.330. The highest BCUT2D eigenvalue weighted by molar-refractivity contribution is 7.89. The third-order valence-electron chi connectivity index (χ3n) is 2.10. The van der Waals surface area contributed by atoms with Crippen LogP contribution in [0.2, 0.25) is 10.0 Å². The predicted molar refractivity (Wildman–Crippen MR) is 69.9 cm³/mol. The summed E-state index contributed by atoms with van der Waals surface area (Å²) in [6, 6.07) is 4.41. The van der Waals surface area contributed by atoms with Crippen molar-refractivity contribution in [3.05, 3.63) is 28.2 Å². The monoisotopic (exact) mass is 296 g/mol. The number of nitrogens with two attached hydrogens (primary N) is 1. The van der Waals surface area contributed by atoms with Crippen LogP contribution in [0.4, 0.5) is 0 Å². The molecule has 0 heterocycles. The maximum absolute atomic E-state index is 11.9. The number of benzene rings is 1. The zero-order chi connectivity index (χ0) is 13.1. The summed E-state index contributed by atoms with van der Waals surface area (Å²) in [6.07, 6.45) is 0.553. The molecular formula is C10H14Cl2N2O2S. The van der Waals surface area contributed by atoms with E-state index in [2.05, 4.69) is 4.72 Å². The standard InChI is InChI=1S/C10H14Cl2N2O2S/c1-7(13)5-6-14-17(15,16)9-4-2-3-8(11)10(9)12/h2-4,7,14H,5-6,13H2,1H3. The van der Waals surface area contributed by atoms with Crippen LogP contribution in [0.5, 0.6) is 0 Å². The average molecular weight is 297 g/mol. The molecule has 0 fully saturated rings. The van der Waals surface area contributed by atoms with E-state index in [1.165, 1.54) is 18.2 Å². The summed E-state index contributed by atoms with van der Waals surface area (Å²) in [5, 5.41) is 0.240. The Kier molecular flexibility index (Phi) is 5.22. The number of hydrogen-bond donors (Lipinski definition) is 2. The smallest absolute Gasteiger partial charge is 0.242 e. The Balaban J connectivity index is 2.87. The molecule has 0 saturated heterocycles. The summed E-state index contributed by atoms with van der Waals surface area (Å²) >= 11 is 11.6. The van der Waals surface area contributed by atoms with E-state index >= 15 is 0 Å². The van der Waals surface area contributed by atoms with Crippen LogP contribution in [0.25, 0.3) is 0 Å². The summed E-state index contributed by atoms with van der Waals surface area (Å²) in [6.45, 7) is 2.07. The summed E-state index contributed by atoms with van der Waals surface area (Å²) in [5.41, 5.74) is 5.53. The first-order valence-electron chi connectivity index (χ1n) is 5.04. The summed E-state index contributed by atoms with van der Waals surface area (Å²) < 4.78 is 26.2. The first-order valence-corrected chi connectivity index (χ1v) is 7.28. The highest BCUT2D eigenvalue weighted by atomic mass is 35.5. The second-order valence-electron chi connectivity index (χ2n) is 3.72. The van der Waals surface area contributed by atoms with E-state index in [1.807, 2.05) is 0 Å². The minimum absolute atomic E-state index is 0.0173. The lowest BCUT2D eigenvalue weighted by Crippen LogP contribution is -2.29. The zero-order valence-electron chi connectivity index (χ0n) is 9.28. The van der Waals surface area contributed by atoms with Crippen molar-refractivity contribution in [1.82, 2.24) is 4.72 Å². The number of sulfonamides is 1. The Morgan fingerprint density at radius 1 is 1.41 bits per heavy atom. The van der Waals surface area contributed by atoms with Crippen molar-refractivity contribution >= 4 is 33.2 Å². The fourth-order valence-corrected chi connectivity index (χ4v) is 3.00. The van der Waals surface area contributed by atoms with Gasteiger partial charge in [0.05, 0.1) is 10.0 Å². The van der Waals surface area contributed by atoms with E-state index in [4.69, 9.17) is 28.9 Å². The van der Waals surface area contributed by atoms with E-state index in [-0.39, 0.29) is 27.5 Å². The van der Waals surface area contributed by atoms with Crippen LogP contribution < -0.4 is 10.5 Å². The Morgan fingerprint density at radius 3 is 2.65 bits per heavy atom. The molecule has 96 valence electrons. The van der Waals surface area contributed by atoms with Gasteiger partial charge >= 0.3 is 0 Å². The van der Waals surface area contributed by atoms with E-state index in [1.54, 1.807) is 6.92 Å². The van der Waals surface area contributed by atoms with Gasteiger partial charge in [-0.05, 0) is 25.5 Å². The van der Waals surface area contributed by atoms with Gasteiger partial charge in [0.1, 0.15) is 4.90 Å². The molecule has 0 radical (unpaired) electrons. The molecule has 0 aliphatic heterocycles. The van der Waals surface area contributed by atoms with Crippen molar-refractivity contribution in [2.24, 2.45) is 5.73 Å². The van der Waals surface area contributed by atoms with Crippen LogP contribution in [0.1, 0.15) is 13.3 Å². The molecule has 7 heteroatoms. The van der Waals surface area contributed by atoms with Crippen LogP contribution in [-0.4, -0.2) is 21.0 Å². The molecule has 4 nitrogen and oxygen atoms in total. The predicted octanol–water partition coefficient (Wildman–Crippen LogP) is 2.01. The minimum atomic E-state index is -3.63. The van der Waals surface area contributed by atoms with Crippen molar-refractivity contribution < 1.29 is 8.42 Å².